The van der Waals surface area contributed by atoms with Crippen LogP contribution in [0, 0.1) is 11.3 Å². The van der Waals surface area contributed by atoms with Gasteiger partial charge in [-0.05, 0) is 26.0 Å². The molecule has 84 valence electrons. The predicted molar refractivity (Wildman–Crippen MR) is 56.9 cm³/mol. The van der Waals surface area contributed by atoms with Crippen molar-refractivity contribution >= 4 is 5.91 Å². The number of benzene rings is 1. The van der Waals surface area contributed by atoms with E-state index in [1.807, 2.05) is 6.07 Å². The lowest BCUT2D eigenvalue weighted by Gasteiger charge is -2.17. The third kappa shape index (κ3) is 2.89. The van der Waals surface area contributed by atoms with Crippen LogP contribution in [0.3, 0.4) is 0 Å². The van der Waals surface area contributed by atoms with Crippen molar-refractivity contribution < 1.29 is 15.0 Å². The molecule has 0 aliphatic carbocycles. The van der Waals surface area contributed by atoms with Crippen LogP contribution in [-0.4, -0.2) is 21.7 Å². The minimum Gasteiger partial charge on any atom is -0.508 e. The molecule has 1 amide bonds. The molecule has 5 heteroatoms. The molecule has 0 bridgehead atoms. The number of nitrogens with one attached hydrogen (secondary N) is 1. The van der Waals surface area contributed by atoms with Gasteiger partial charge in [0.2, 0.25) is 0 Å². The van der Waals surface area contributed by atoms with Crippen molar-refractivity contribution in [1.82, 2.24) is 5.32 Å². The molecule has 1 rings (SSSR count). The summed E-state index contributed by atoms with van der Waals surface area (Å²) in [5, 5.41) is 29.6. The molecular weight excluding hydrogens is 208 g/mol. The number of phenols is 2. The Morgan fingerprint density at radius 3 is 2.25 bits per heavy atom. The van der Waals surface area contributed by atoms with E-state index in [2.05, 4.69) is 5.32 Å². The number of carbonyl (C=O) groups excluding carboxylic acids is 1. The van der Waals surface area contributed by atoms with Gasteiger partial charge in [0.1, 0.15) is 17.0 Å². The third-order valence-corrected chi connectivity index (χ3v) is 1.87. The van der Waals surface area contributed by atoms with Gasteiger partial charge in [0, 0.05) is 11.6 Å². The molecule has 16 heavy (non-hydrogen) atoms. The van der Waals surface area contributed by atoms with E-state index in [0.29, 0.717) is 0 Å². The number of carbonyl (C=O) groups is 1. The van der Waals surface area contributed by atoms with E-state index in [1.54, 1.807) is 13.8 Å². The highest BCUT2D eigenvalue weighted by Gasteiger charge is 2.20. The lowest BCUT2D eigenvalue weighted by molar-refractivity contribution is 0.0928. The van der Waals surface area contributed by atoms with E-state index >= 15 is 0 Å². The van der Waals surface area contributed by atoms with Crippen LogP contribution in [0.1, 0.15) is 24.2 Å². The zero-order valence-electron chi connectivity index (χ0n) is 8.98. The highest BCUT2D eigenvalue weighted by molar-refractivity contribution is 5.95. The van der Waals surface area contributed by atoms with Gasteiger partial charge in [-0.15, -0.1) is 0 Å². The summed E-state index contributed by atoms with van der Waals surface area (Å²) in [4.78, 5) is 11.6. The lowest BCUT2D eigenvalue weighted by atomic mass is 10.1. The zero-order valence-corrected chi connectivity index (χ0v) is 8.98. The average Bonchev–Trinajstić information content (AvgIpc) is 2.15. The summed E-state index contributed by atoms with van der Waals surface area (Å²) < 4.78 is 0. The summed E-state index contributed by atoms with van der Waals surface area (Å²) in [5.41, 5.74) is -0.904. The molecule has 0 atom stereocenters. The Bertz CT molecular complexity index is 441. The number of nitriles is 1. The number of amides is 1. The number of nitrogens with zero attached hydrogens (tertiary/aromatic N) is 1. The molecule has 0 unspecified atom stereocenters. The van der Waals surface area contributed by atoms with Crippen molar-refractivity contribution in [2.45, 2.75) is 19.4 Å². The summed E-state index contributed by atoms with van der Waals surface area (Å²) >= 11 is 0. The van der Waals surface area contributed by atoms with Crippen LogP contribution < -0.4 is 5.32 Å². The van der Waals surface area contributed by atoms with Crippen LogP contribution in [0.5, 0.6) is 11.5 Å². The van der Waals surface area contributed by atoms with E-state index in [1.165, 1.54) is 12.1 Å². The molecule has 0 saturated heterocycles. The fourth-order valence-corrected chi connectivity index (χ4v) is 1.11. The molecule has 1 aromatic carbocycles. The monoisotopic (exact) mass is 220 g/mol. The Morgan fingerprint density at radius 1 is 1.31 bits per heavy atom. The molecule has 1 aromatic rings. The largest absolute Gasteiger partial charge is 0.508 e. The van der Waals surface area contributed by atoms with Crippen LogP contribution in [0.2, 0.25) is 0 Å². The first-order valence-electron chi connectivity index (χ1n) is 4.61. The summed E-state index contributed by atoms with van der Waals surface area (Å²) in [5.74, 6) is -0.947. The fraction of sp³-hybridized carbons (Fsp3) is 0.273. The number of phenolic OH excluding ortho intramolecular Hbond substituents is 2. The van der Waals surface area contributed by atoms with Gasteiger partial charge in [-0.2, -0.15) is 5.26 Å². The van der Waals surface area contributed by atoms with E-state index in [4.69, 9.17) is 5.26 Å². The first kappa shape index (κ1) is 11.9. The number of hydrogen-bond donors (Lipinski definition) is 3. The van der Waals surface area contributed by atoms with Gasteiger partial charge in [-0.25, -0.2) is 0 Å². The zero-order chi connectivity index (χ0) is 12.3. The van der Waals surface area contributed by atoms with Crippen molar-refractivity contribution in [2.24, 2.45) is 0 Å². The topological polar surface area (TPSA) is 93.4 Å². The molecule has 3 N–H and O–H groups in total. The molecule has 0 aliphatic rings. The van der Waals surface area contributed by atoms with Crippen LogP contribution in [0.25, 0.3) is 0 Å². The lowest BCUT2D eigenvalue weighted by Crippen LogP contribution is -2.42. The van der Waals surface area contributed by atoms with Crippen molar-refractivity contribution in [3.05, 3.63) is 23.8 Å². The predicted octanol–water partition coefficient (Wildman–Crippen LogP) is 1.13. The maximum atomic E-state index is 11.6. The van der Waals surface area contributed by atoms with Gasteiger partial charge in [0.05, 0.1) is 6.07 Å². The summed E-state index contributed by atoms with van der Waals surface area (Å²) in [6, 6.07) is 5.45. The molecule has 0 radical (unpaired) electrons. The summed E-state index contributed by atoms with van der Waals surface area (Å²) in [6.45, 7) is 3.10. The van der Waals surface area contributed by atoms with Gasteiger partial charge in [0.15, 0.2) is 0 Å². The van der Waals surface area contributed by atoms with Crippen LogP contribution in [-0.2, 0) is 0 Å². The van der Waals surface area contributed by atoms with Crippen molar-refractivity contribution in [3.63, 3.8) is 0 Å². The van der Waals surface area contributed by atoms with Gasteiger partial charge in [-0.1, -0.05) is 0 Å². The highest BCUT2D eigenvalue weighted by Crippen LogP contribution is 2.20. The van der Waals surface area contributed by atoms with Crippen LogP contribution >= 0.6 is 0 Å². The molecule has 0 fully saturated rings. The SMILES string of the molecule is CC(C)(C#N)NC(=O)c1cc(O)cc(O)c1. The maximum absolute atomic E-state index is 11.6. The summed E-state index contributed by atoms with van der Waals surface area (Å²) in [6.07, 6.45) is 0. The van der Waals surface area contributed by atoms with Crippen LogP contribution in [0.15, 0.2) is 18.2 Å². The second kappa shape index (κ2) is 4.11. The Balaban J connectivity index is 2.94. The second-order valence-electron chi connectivity index (χ2n) is 3.93. The molecule has 0 aliphatic heterocycles. The van der Waals surface area contributed by atoms with Gasteiger partial charge >= 0.3 is 0 Å². The fourth-order valence-electron chi connectivity index (χ4n) is 1.11. The third-order valence-electron chi connectivity index (χ3n) is 1.87. The molecule has 5 nitrogen and oxygen atoms in total. The highest BCUT2D eigenvalue weighted by atomic mass is 16.3. The van der Waals surface area contributed by atoms with E-state index in [9.17, 15) is 15.0 Å². The van der Waals surface area contributed by atoms with Crippen molar-refractivity contribution in [2.75, 3.05) is 0 Å². The minimum absolute atomic E-state index is 0.0980. The summed E-state index contributed by atoms with van der Waals surface area (Å²) in [7, 11) is 0. The van der Waals surface area contributed by atoms with Gasteiger partial charge in [-0.3, -0.25) is 4.79 Å². The number of hydrogen-bond acceptors (Lipinski definition) is 4. The van der Waals surface area contributed by atoms with Gasteiger partial charge in [0.25, 0.3) is 5.91 Å². The number of aromatic hydroxyl groups is 2. The Kier molecular flexibility index (Phi) is 3.04. The Hall–Kier alpha value is -2.22. The van der Waals surface area contributed by atoms with E-state index in [0.717, 1.165) is 6.07 Å². The second-order valence-corrected chi connectivity index (χ2v) is 3.93. The molecule has 0 heterocycles. The van der Waals surface area contributed by atoms with E-state index < -0.39 is 11.4 Å². The molecule has 0 spiro atoms. The molecule has 0 saturated carbocycles. The average molecular weight is 220 g/mol. The van der Waals surface area contributed by atoms with Gasteiger partial charge < -0.3 is 15.5 Å². The maximum Gasteiger partial charge on any atom is 0.252 e. The molecule has 0 aromatic heterocycles. The minimum atomic E-state index is -1.00. The first-order chi connectivity index (χ1) is 7.34. The Morgan fingerprint density at radius 2 is 1.81 bits per heavy atom. The smallest absolute Gasteiger partial charge is 0.252 e. The van der Waals surface area contributed by atoms with Crippen LogP contribution in [0.4, 0.5) is 0 Å². The normalized spacial score (nSPS) is 10.6. The molecular formula is C11H12N2O3. The van der Waals surface area contributed by atoms with Crippen molar-refractivity contribution in [3.8, 4) is 17.6 Å². The standard InChI is InChI=1S/C11H12N2O3/c1-11(2,6-12)13-10(16)7-3-8(14)5-9(15)4-7/h3-5,14-15H,1-2H3,(H,13,16). The quantitative estimate of drug-likeness (QED) is 0.696. The first-order valence-corrected chi connectivity index (χ1v) is 4.61. The number of rotatable bonds is 2. The Labute approximate surface area is 92.9 Å². The van der Waals surface area contributed by atoms with E-state index in [-0.39, 0.29) is 17.1 Å². The van der Waals surface area contributed by atoms with Crippen molar-refractivity contribution in [1.29, 1.82) is 5.26 Å².